The minimum absolute atomic E-state index is 0.0257. The van der Waals surface area contributed by atoms with Gasteiger partial charge in [-0.2, -0.15) is 0 Å². The van der Waals surface area contributed by atoms with Gasteiger partial charge in [0.15, 0.2) is 0 Å². The molecular weight excluding hydrogens is 400 g/mol. The highest BCUT2D eigenvalue weighted by Crippen LogP contribution is 2.36. The number of H-pyrrole nitrogens is 1. The van der Waals surface area contributed by atoms with E-state index in [2.05, 4.69) is 5.10 Å². The minimum atomic E-state index is -0.328. The molecule has 0 saturated carbocycles. The first-order valence-electron chi connectivity index (χ1n) is 9.98. The maximum absolute atomic E-state index is 13.0. The van der Waals surface area contributed by atoms with Crippen molar-refractivity contribution in [3.05, 3.63) is 74.2 Å². The molecule has 4 aromatic rings. The van der Waals surface area contributed by atoms with Gasteiger partial charge in [-0.25, -0.2) is 9.67 Å². The molecule has 0 aliphatic carbocycles. The van der Waals surface area contributed by atoms with Crippen LogP contribution in [0.5, 0.6) is 0 Å². The van der Waals surface area contributed by atoms with Crippen molar-refractivity contribution in [2.75, 3.05) is 6.54 Å². The Balaban J connectivity index is 1.36. The Morgan fingerprint density at radius 2 is 1.87 bits per heavy atom. The van der Waals surface area contributed by atoms with Crippen LogP contribution in [0.1, 0.15) is 30.3 Å². The highest BCUT2D eigenvalue weighted by molar-refractivity contribution is 7.18. The fourth-order valence-electron chi connectivity index (χ4n) is 4.11. The van der Waals surface area contributed by atoms with Crippen LogP contribution >= 0.6 is 11.3 Å². The lowest BCUT2D eigenvalue weighted by Gasteiger charge is -2.23. The molecule has 5 rings (SSSR count). The van der Waals surface area contributed by atoms with Crippen LogP contribution < -0.4 is 11.1 Å². The Labute approximate surface area is 175 Å². The number of amides is 1. The van der Waals surface area contributed by atoms with Gasteiger partial charge in [-0.3, -0.25) is 19.5 Å². The topological polar surface area (TPSA) is 88.1 Å². The number of fused-ring (bicyclic) bond motifs is 2. The summed E-state index contributed by atoms with van der Waals surface area (Å²) in [6.45, 7) is 0.823. The third-order valence-electron chi connectivity index (χ3n) is 5.60. The Hall–Kier alpha value is -3.26. The fraction of sp³-hybridized carbons (Fsp3) is 0.273. The Bertz CT molecular complexity index is 1340. The lowest BCUT2D eigenvalue weighted by Crippen LogP contribution is -2.34. The smallest absolute Gasteiger partial charge is 0.273 e. The van der Waals surface area contributed by atoms with Gasteiger partial charge in [-0.15, -0.1) is 11.3 Å². The number of hydrogen-bond acceptors (Lipinski definition) is 5. The van der Waals surface area contributed by atoms with Gasteiger partial charge in [-0.1, -0.05) is 24.3 Å². The SMILES string of the molecule is O=C(CCn1[nH]c(=O)c2ccccc2c1=O)N1CCC[C@@H]1c1nc2ccccc2s1. The molecule has 2 aromatic heterocycles. The van der Waals surface area contributed by atoms with Crippen LogP contribution in [0, 0.1) is 0 Å². The molecule has 0 radical (unpaired) electrons. The molecule has 1 atom stereocenters. The van der Waals surface area contributed by atoms with Crippen LogP contribution in [-0.2, 0) is 11.3 Å². The molecule has 1 aliphatic heterocycles. The number of aryl methyl sites for hydroxylation is 1. The van der Waals surface area contributed by atoms with E-state index in [1.54, 1.807) is 35.6 Å². The third kappa shape index (κ3) is 3.23. The average Bonchev–Trinajstić information content (AvgIpc) is 3.42. The van der Waals surface area contributed by atoms with Gasteiger partial charge in [0.05, 0.1) is 33.6 Å². The maximum Gasteiger partial charge on any atom is 0.273 e. The van der Waals surface area contributed by atoms with Gasteiger partial charge < -0.3 is 4.90 Å². The van der Waals surface area contributed by atoms with E-state index in [1.165, 1.54) is 4.68 Å². The molecule has 30 heavy (non-hydrogen) atoms. The van der Waals surface area contributed by atoms with Crippen molar-refractivity contribution in [2.24, 2.45) is 0 Å². The number of aromatic nitrogens is 3. The van der Waals surface area contributed by atoms with Gasteiger partial charge in [0.25, 0.3) is 11.1 Å². The van der Waals surface area contributed by atoms with Crippen molar-refractivity contribution in [1.82, 2.24) is 19.7 Å². The second kappa shape index (κ2) is 7.53. The zero-order chi connectivity index (χ0) is 20.7. The third-order valence-corrected chi connectivity index (χ3v) is 6.74. The Morgan fingerprint density at radius 3 is 2.70 bits per heavy atom. The molecule has 0 spiro atoms. The monoisotopic (exact) mass is 420 g/mol. The second-order valence-corrected chi connectivity index (χ2v) is 8.52. The van der Waals surface area contributed by atoms with E-state index < -0.39 is 0 Å². The molecule has 0 unspecified atom stereocenters. The molecule has 152 valence electrons. The van der Waals surface area contributed by atoms with Crippen LogP contribution in [0.25, 0.3) is 21.0 Å². The summed E-state index contributed by atoms with van der Waals surface area (Å²) in [4.78, 5) is 44.5. The maximum atomic E-state index is 13.0. The van der Waals surface area contributed by atoms with Crippen LogP contribution in [0.2, 0.25) is 0 Å². The predicted molar refractivity (Wildman–Crippen MR) is 117 cm³/mol. The predicted octanol–water partition coefficient (Wildman–Crippen LogP) is 3.05. The summed E-state index contributed by atoms with van der Waals surface area (Å²) in [7, 11) is 0. The summed E-state index contributed by atoms with van der Waals surface area (Å²) >= 11 is 1.63. The van der Waals surface area contributed by atoms with Gasteiger partial charge in [-0.05, 0) is 37.1 Å². The molecule has 1 fully saturated rings. The number of carbonyl (C=O) groups is 1. The average molecular weight is 420 g/mol. The van der Waals surface area contributed by atoms with Crippen LogP contribution in [0.4, 0.5) is 0 Å². The van der Waals surface area contributed by atoms with E-state index in [-0.39, 0.29) is 36.0 Å². The van der Waals surface area contributed by atoms with E-state index in [0.717, 1.165) is 28.1 Å². The van der Waals surface area contributed by atoms with Crippen molar-refractivity contribution in [3.8, 4) is 0 Å². The van der Waals surface area contributed by atoms with E-state index in [1.807, 2.05) is 29.2 Å². The zero-order valence-corrected chi connectivity index (χ0v) is 17.0. The number of rotatable bonds is 4. The largest absolute Gasteiger partial charge is 0.333 e. The van der Waals surface area contributed by atoms with Crippen molar-refractivity contribution >= 4 is 38.2 Å². The molecule has 7 nitrogen and oxygen atoms in total. The van der Waals surface area contributed by atoms with Crippen molar-refractivity contribution in [2.45, 2.75) is 31.8 Å². The first kappa shape index (κ1) is 18.7. The van der Waals surface area contributed by atoms with E-state index in [0.29, 0.717) is 17.3 Å². The number of nitrogens with one attached hydrogen (secondary N) is 1. The van der Waals surface area contributed by atoms with Gasteiger partial charge in [0.1, 0.15) is 5.01 Å². The van der Waals surface area contributed by atoms with Gasteiger partial charge in [0.2, 0.25) is 5.91 Å². The summed E-state index contributed by atoms with van der Waals surface area (Å²) in [6, 6.07) is 14.7. The van der Waals surface area contributed by atoms with Crippen molar-refractivity contribution in [3.63, 3.8) is 0 Å². The number of carbonyl (C=O) groups excluding carboxylic acids is 1. The Morgan fingerprint density at radius 1 is 1.10 bits per heavy atom. The lowest BCUT2D eigenvalue weighted by molar-refractivity contribution is -0.132. The molecule has 2 aromatic carbocycles. The number of hydrogen-bond donors (Lipinski definition) is 1. The minimum Gasteiger partial charge on any atom is -0.333 e. The van der Waals surface area contributed by atoms with Crippen LogP contribution in [-0.4, -0.2) is 32.1 Å². The van der Waals surface area contributed by atoms with Crippen molar-refractivity contribution < 1.29 is 4.79 Å². The summed E-state index contributed by atoms with van der Waals surface area (Å²) < 4.78 is 2.36. The number of aromatic amines is 1. The first-order valence-corrected chi connectivity index (χ1v) is 10.8. The normalized spacial score (nSPS) is 16.5. The summed E-state index contributed by atoms with van der Waals surface area (Å²) in [6.07, 6.45) is 1.97. The highest BCUT2D eigenvalue weighted by Gasteiger charge is 2.32. The van der Waals surface area contributed by atoms with E-state index >= 15 is 0 Å². The quantitative estimate of drug-likeness (QED) is 0.550. The number of para-hydroxylation sites is 1. The highest BCUT2D eigenvalue weighted by atomic mass is 32.1. The molecule has 3 heterocycles. The number of nitrogens with zero attached hydrogens (tertiary/aromatic N) is 3. The molecule has 1 amide bonds. The van der Waals surface area contributed by atoms with Crippen LogP contribution in [0.15, 0.2) is 58.1 Å². The number of benzene rings is 2. The molecule has 1 N–H and O–H groups in total. The number of thiazole rings is 1. The fourth-order valence-corrected chi connectivity index (χ4v) is 5.22. The van der Waals surface area contributed by atoms with Gasteiger partial charge >= 0.3 is 0 Å². The van der Waals surface area contributed by atoms with Gasteiger partial charge in [0, 0.05) is 13.0 Å². The second-order valence-electron chi connectivity index (χ2n) is 7.46. The summed E-state index contributed by atoms with van der Waals surface area (Å²) in [5, 5.41) is 4.27. The molecule has 1 aliphatic rings. The zero-order valence-electron chi connectivity index (χ0n) is 16.2. The van der Waals surface area contributed by atoms with E-state index in [9.17, 15) is 14.4 Å². The Kier molecular flexibility index (Phi) is 4.71. The van der Waals surface area contributed by atoms with Crippen molar-refractivity contribution in [1.29, 1.82) is 0 Å². The molecule has 1 saturated heterocycles. The van der Waals surface area contributed by atoms with Crippen LogP contribution in [0.3, 0.4) is 0 Å². The standard InChI is InChI=1S/C22H20N4O3S/c27-19(11-13-26-22(29)15-7-2-1-6-14(15)20(28)24-26)25-12-5-9-17(25)21-23-16-8-3-4-10-18(16)30-21/h1-4,6-8,10,17H,5,9,11-13H2,(H,24,28)/t17-/m1/s1. The lowest BCUT2D eigenvalue weighted by atomic mass is 10.2. The summed E-state index contributed by atoms with van der Waals surface area (Å²) in [5.41, 5.74) is 0.338. The van der Waals surface area contributed by atoms with E-state index in [4.69, 9.17) is 4.98 Å². The molecule has 0 bridgehead atoms. The first-order chi connectivity index (χ1) is 14.6. The number of likely N-dealkylation sites (tertiary alicyclic amines) is 1. The molecule has 8 heteroatoms. The summed E-state index contributed by atoms with van der Waals surface area (Å²) in [5.74, 6) is -0.0299. The molecular formula is C22H20N4O3S.